The number of carbonyl (C=O) groups is 1. The number of nitro groups is 1. The second-order valence-electron chi connectivity index (χ2n) is 4.35. The lowest BCUT2D eigenvalue weighted by atomic mass is 10.2. The number of benzene rings is 2. The van der Waals surface area contributed by atoms with Gasteiger partial charge < -0.3 is 4.74 Å². The zero-order chi connectivity index (χ0) is 16.7. The summed E-state index contributed by atoms with van der Waals surface area (Å²) in [5.41, 5.74) is 3.12. The molecular formula is C15H12BrN3O4. The average Bonchev–Trinajstić information content (AvgIpc) is 2.55. The van der Waals surface area contributed by atoms with Crippen LogP contribution in [-0.4, -0.2) is 23.7 Å². The Morgan fingerprint density at radius 3 is 2.61 bits per heavy atom. The van der Waals surface area contributed by atoms with E-state index < -0.39 is 10.8 Å². The van der Waals surface area contributed by atoms with Crippen LogP contribution in [0.4, 0.5) is 5.69 Å². The minimum Gasteiger partial charge on any atom is -0.484 e. The van der Waals surface area contributed by atoms with E-state index >= 15 is 0 Å². The zero-order valence-electron chi connectivity index (χ0n) is 11.8. The summed E-state index contributed by atoms with van der Waals surface area (Å²) >= 11 is 3.36. The maximum absolute atomic E-state index is 11.6. The molecule has 1 amide bonds. The molecule has 0 unspecified atom stereocenters. The molecule has 7 nitrogen and oxygen atoms in total. The Hall–Kier alpha value is -2.74. The molecular weight excluding hydrogens is 366 g/mol. The second-order valence-corrected chi connectivity index (χ2v) is 5.21. The minimum atomic E-state index is -0.507. The fraction of sp³-hybridized carbons (Fsp3) is 0.0667. The van der Waals surface area contributed by atoms with E-state index in [4.69, 9.17) is 4.74 Å². The molecule has 0 aliphatic carbocycles. The topological polar surface area (TPSA) is 93.8 Å². The summed E-state index contributed by atoms with van der Waals surface area (Å²) in [5, 5.41) is 14.3. The number of nitrogens with zero attached hydrogens (tertiary/aromatic N) is 2. The fourth-order valence-corrected chi connectivity index (χ4v) is 1.99. The van der Waals surface area contributed by atoms with E-state index in [0.717, 1.165) is 10.0 Å². The molecule has 0 aliphatic heterocycles. The third-order valence-electron chi connectivity index (χ3n) is 2.72. The number of hydrazone groups is 1. The molecule has 0 aromatic heterocycles. The van der Waals surface area contributed by atoms with Crippen molar-refractivity contribution in [3.05, 3.63) is 68.7 Å². The first-order valence-corrected chi connectivity index (χ1v) is 7.29. The Morgan fingerprint density at radius 1 is 1.26 bits per heavy atom. The highest BCUT2D eigenvalue weighted by Crippen LogP contribution is 2.17. The first kappa shape index (κ1) is 16.6. The smallest absolute Gasteiger partial charge is 0.277 e. The number of non-ortho nitro benzene ring substituents is 1. The highest BCUT2D eigenvalue weighted by Gasteiger charge is 2.06. The number of rotatable bonds is 6. The lowest BCUT2D eigenvalue weighted by Gasteiger charge is -2.04. The number of ether oxygens (including phenoxy) is 1. The second kappa shape index (κ2) is 8.04. The summed E-state index contributed by atoms with van der Waals surface area (Å²) in [4.78, 5) is 21.6. The van der Waals surface area contributed by atoms with E-state index in [1.165, 1.54) is 30.5 Å². The van der Waals surface area contributed by atoms with Crippen molar-refractivity contribution in [3.8, 4) is 5.75 Å². The largest absolute Gasteiger partial charge is 0.484 e. The lowest BCUT2D eigenvalue weighted by Crippen LogP contribution is -2.24. The molecule has 2 aromatic rings. The number of amides is 1. The Bertz CT molecular complexity index is 732. The predicted molar refractivity (Wildman–Crippen MR) is 88.5 cm³/mol. The van der Waals surface area contributed by atoms with Crippen LogP contribution in [0.25, 0.3) is 0 Å². The van der Waals surface area contributed by atoms with Gasteiger partial charge in [0, 0.05) is 22.2 Å². The van der Waals surface area contributed by atoms with Gasteiger partial charge in [0.05, 0.1) is 11.1 Å². The van der Waals surface area contributed by atoms with E-state index in [-0.39, 0.29) is 12.3 Å². The normalized spacial score (nSPS) is 10.5. The van der Waals surface area contributed by atoms with E-state index in [2.05, 4.69) is 26.5 Å². The Balaban J connectivity index is 1.81. The first-order valence-electron chi connectivity index (χ1n) is 6.50. The van der Waals surface area contributed by atoms with Crippen molar-refractivity contribution in [1.29, 1.82) is 0 Å². The highest BCUT2D eigenvalue weighted by molar-refractivity contribution is 9.10. The molecule has 0 saturated heterocycles. The molecule has 0 atom stereocenters. The van der Waals surface area contributed by atoms with Crippen molar-refractivity contribution < 1.29 is 14.5 Å². The van der Waals surface area contributed by atoms with Gasteiger partial charge in [-0.15, -0.1) is 0 Å². The van der Waals surface area contributed by atoms with E-state index in [1.807, 2.05) is 24.3 Å². The Morgan fingerprint density at radius 2 is 1.96 bits per heavy atom. The van der Waals surface area contributed by atoms with Crippen molar-refractivity contribution >= 4 is 33.7 Å². The summed E-state index contributed by atoms with van der Waals surface area (Å²) in [6, 6.07) is 12.9. The van der Waals surface area contributed by atoms with Crippen LogP contribution in [0.3, 0.4) is 0 Å². The van der Waals surface area contributed by atoms with E-state index in [9.17, 15) is 14.9 Å². The number of nitro benzene ring substituents is 1. The molecule has 118 valence electrons. The Kier molecular flexibility index (Phi) is 5.81. The summed E-state index contributed by atoms with van der Waals surface area (Å²) in [7, 11) is 0. The van der Waals surface area contributed by atoms with Gasteiger partial charge >= 0.3 is 0 Å². The van der Waals surface area contributed by atoms with Crippen LogP contribution in [0.15, 0.2) is 58.1 Å². The van der Waals surface area contributed by atoms with Gasteiger partial charge in [0.2, 0.25) is 0 Å². The number of hydrogen-bond donors (Lipinski definition) is 1. The molecule has 1 N–H and O–H groups in total. The molecule has 8 heteroatoms. The Labute approximate surface area is 140 Å². The molecule has 2 aromatic carbocycles. The van der Waals surface area contributed by atoms with Crippen LogP contribution in [0.5, 0.6) is 5.75 Å². The van der Waals surface area contributed by atoms with Gasteiger partial charge in [-0.2, -0.15) is 5.10 Å². The number of carbonyl (C=O) groups excluding carboxylic acids is 1. The lowest BCUT2D eigenvalue weighted by molar-refractivity contribution is -0.384. The predicted octanol–water partition coefficient (Wildman–Crippen LogP) is 2.89. The van der Waals surface area contributed by atoms with Crippen LogP contribution in [0.2, 0.25) is 0 Å². The summed E-state index contributed by atoms with van der Waals surface area (Å²) < 4.78 is 6.07. The monoisotopic (exact) mass is 377 g/mol. The van der Waals surface area contributed by atoms with Crippen LogP contribution in [0, 0.1) is 10.1 Å². The fourth-order valence-electron chi connectivity index (χ4n) is 1.60. The van der Waals surface area contributed by atoms with Gasteiger partial charge in [-0.3, -0.25) is 14.9 Å². The van der Waals surface area contributed by atoms with Crippen molar-refractivity contribution in [2.75, 3.05) is 6.61 Å². The SMILES string of the molecule is O=C(COc1ccc([N+](=O)[O-])cc1)N/N=C\c1ccccc1Br. The first-order chi connectivity index (χ1) is 11.1. The maximum Gasteiger partial charge on any atom is 0.277 e. The summed E-state index contributed by atoms with van der Waals surface area (Å²) in [6.07, 6.45) is 1.51. The third kappa shape index (κ3) is 5.19. The summed E-state index contributed by atoms with van der Waals surface area (Å²) in [5.74, 6) is -0.0767. The van der Waals surface area contributed by atoms with Gasteiger partial charge in [0.25, 0.3) is 11.6 Å². The van der Waals surface area contributed by atoms with Crippen LogP contribution < -0.4 is 10.2 Å². The van der Waals surface area contributed by atoms with Crippen LogP contribution in [0.1, 0.15) is 5.56 Å². The van der Waals surface area contributed by atoms with Crippen molar-refractivity contribution in [2.45, 2.75) is 0 Å². The van der Waals surface area contributed by atoms with Gasteiger partial charge in [-0.05, 0) is 18.2 Å². The molecule has 0 aliphatic rings. The highest BCUT2D eigenvalue weighted by atomic mass is 79.9. The average molecular weight is 378 g/mol. The van der Waals surface area contributed by atoms with Crippen molar-refractivity contribution in [1.82, 2.24) is 5.43 Å². The van der Waals surface area contributed by atoms with Gasteiger partial charge in [0.15, 0.2) is 6.61 Å². The van der Waals surface area contributed by atoms with Crippen LogP contribution >= 0.6 is 15.9 Å². The molecule has 2 rings (SSSR count). The van der Waals surface area contributed by atoms with Crippen molar-refractivity contribution in [2.24, 2.45) is 5.10 Å². The zero-order valence-corrected chi connectivity index (χ0v) is 13.4. The van der Waals surface area contributed by atoms with Gasteiger partial charge in [0.1, 0.15) is 5.75 Å². The molecule has 0 bridgehead atoms. The quantitative estimate of drug-likeness (QED) is 0.475. The maximum atomic E-state index is 11.6. The van der Waals surface area contributed by atoms with Crippen LogP contribution in [-0.2, 0) is 4.79 Å². The molecule has 0 spiro atoms. The minimum absolute atomic E-state index is 0.0418. The van der Waals surface area contributed by atoms with E-state index in [0.29, 0.717) is 5.75 Å². The van der Waals surface area contributed by atoms with Crippen molar-refractivity contribution in [3.63, 3.8) is 0 Å². The number of nitrogens with one attached hydrogen (secondary N) is 1. The molecule has 0 fully saturated rings. The summed E-state index contributed by atoms with van der Waals surface area (Å²) in [6.45, 7) is -0.245. The number of halogens is 1. The molecule has 0 saturated carbocycles. The molecule has 0 radical (unpaired) electrons. The van der Waals surface area contributed by atoms with Gasteiger partial charge in [-0.1, -0.05) is 34.1 Å². The standard InChI is InChI=1S/C15H12BrN3O4/c16-14-4-2-1-3-11(14)9-17-18-15(20)10-23-13-7-5-12(6-8-13)19(21)22/h1-9H,10H2,(H,18,20)/b17-9-. The van der Waals surface area contributed by atoms with Gasteiger partial charge in [-0.25, -0.2) is 5.43 Å². The number of hydrogen-bond acceptors (Lipinski definition) is 5. The van der Waals surface area contributed by atoms with E-state index in [1.54, 1.807) is 0 Å². The third-order valence-corrected chi connectivity index (χ3v) is 3.44. The molecule has 0 heterocycles. The molecule has 23 heavy (non-hydrogen) atoms.